The summed E-state index contributed by atoms with van der Waals surface area (Å²) < 4.78 is 6.93. The molecule has 0 spiro atoms. The maximum atomic E-state index is 12.9. The van der Waals surface area contributed by atoms with Crippen LogP contribution < -0.4 is 9.64 Å². The van der Waals surface area contributed by atoms with Crippen LogP contribution in [0, 0.1) is 0 Å². The Morgan fingerprint density at radius 2 is 1.83 bits per heavy atom. The van der Waals surface area contributed by atoms with E-state index >= 15 is 0 Å². The first-order valence-electron chi connectivity index (χ1n) is 10.8. The third-order valence-corrected chi connectivity index (χ3v) is 6.66. The number of thiazole rings is 1. The van der Waals surface area contributed by atoms with Gasteiger partial charge in [0, 0.05) is 31.7 Å². The highest BCUT2D eigenvalue weighted by Gasteiger charge is 2.24. The Hall–Kier alpha value is -2.60. The van der Waals surface area contributed by atoms with E-state index in [0.29, 0.717) is 13.1 Å². The second-order valence-electron chi connectivity index (χ2n) is 7.62. The van der Waals surface area contributed by atoms with E-state index in [4.69, 9.17) is 9.72 Å². The molecule has 1 saturated heterocycles. The van der Waals surface area contributed by atoms with Gasteiger partial charge in [0.1, 0.15) is 5.75 Å². The van der Waals surface area contributed by atoms with E-state index < -0.39 is 0 Å². The molecule has 30 heavy (non-hydrogen) atoms. The summed E-state index contributed by atoms with van der Waals surface area (Å²) in [4.78, 5) is 22.0. The van der Waals surface area contributed by atoms with E-state index in [9.17, 15) is 4.79 Å². The van der Waals surface area contributed by atoms with Crippen molar-refractivity contribution in [3.8, 4) is 5.75 Å². The molecule has 6 heteroatoms. The molecule has 0 aliphatic carbocycles. The Labute approximate surface area is 182 Å². The van der Waals surface area contributed by atoms with E-state index in [1.54, 1.807) is 11.3 Å². The molecule has 0 atom stereocenters. The summed E-state index contributed by atoms with van der Waals surface area (Å²) in [6.07, 6.45) is 3.14. The quantitative estimate of drug-likeness (QED) is 0.502. The number of piperazine rings is 1. The van der Waals surface area contributed by atoms with Gasteiger partial charge >= 0.3 is 0 Å². The Morgan fingerprint density at radius 1 is 1.07 bits per heavy atom. The number of benzene rings is 2. The lowest BCUT2D eigenvalue weighted by molar-refractivity contribution is 0.0746. The number of anilines is 1. The third-order valence-electron chi connectivity index (χ3n) is 5.58. The molecular weight excluding hydrogens is 394 g/mol. The summed E-state index contributed by atoms with van der Waals surface area (Å²) in [5.41, 5.74) is 3.14. The lowest BCUT2D eigenvalue weighted by Gasteiger charge is -2.34. The monoisotopic (exact) mass is 423 g/mol. The average molecular weight is 424 g/mol. The van der Waals surface area contributed by atoms with E-state index in [-0.39, 0.29) is 5.91 Å². The van der Waals surface area contributed by atoms with Crippen molar-refractivity contribution in [3.63, 3.8) is 0 Å². The summed E-state index contributed by atoms with van der Waals surface area (Å²) in [7, 11) is 0. The van der Waals surface area contributed by atoms with Crippen molar-refractivity contribution in [2.45, 2.75) is 33.1 Å². The number of aromatic nitrogens is 1. The first-order valence-corrected chi connectivity index (χ1v) is 11.7. The van der Waals surface area contributed by atoms with Gasteiger partial charge in [0.15, 0.2) is 5.13 Å². The highest BCUT2D eigenvalue weighted by Crippen LogP contribution is 2.31. The molecular formula is C24H29N3O2S. The van der Waals surface area contributed by atoms with Gasteiger partial charge in [-0.05, 0) is 48.7 Å². The van der Waals surface area contributed by atoms with Crippen LogP contribution in [0.5, 0.6) is 5.75 Å². The van der Waals surface area contributed by atoms with Gasteiger partial charge in [0.05, 0.1) is 16.8 Å². The zero-order chi connectivity index (χ0) is 20.9. The van der Waals surface area contributed by atoms with Gasteiger partial charge in [-0.3, -0.25) is 4.79 Å². The van der Waals surface area contributed by atoms with E-state index in [2.05, 4.69) is 36.9 Å². The molecule has 0 saturated carbocycles. The van der Waals surface area contributed by atoms with Crippen molar-refractivity contribution >= 4 is 32.6 Å². The predicted octanol–water partition coefficient (Wildman–Crippen LogP) is 5.00. The van der Waals surface area contributed by atoms with Crippen molar-refractivity contribution in [3.05, 3.63) is 53.6 Å². The highest BCUT2D eigenvalue weighted by molar-refractivity contribution is 7.22. The summed E-state index contributed by atoms with van der Waals surface area (Å²) in [6, 6.07) is 13.9. The SMILES string of the molecule is CCCCOc1ccc(C(=O)N2CCN(c3nc4c(CC)cccc4s3)CC2)cc1. The number of carbonyl (C=O) groups is 1. The van der Waals surface area contributed by atoms with Crippen LogP contribution in [-0.2, 0) is 6.42 Å². The summed E-state index contributed by atoms with van der Waals surface area (Å²) in [5, 5.41) is 1.06. The fraction of sp³-hybridized carbons (Fsp3) is 0.417. The Bertz CT molecular complexity index is 991. The van der Waals surface area contributed by atoms with Gasteiger partial charge in [-0.25, -0.2) is 4.98 Å². The highest BCUT2D eigenvalue weighted by atomic mass is 32.1. The van der Waals surface area contributed by atoms with Gasteiger partial charge < -0.3 is 14.5 Å². The van der Waals surface area contributed by atoms with Crippen LogP contribution in [-0.4, -0.2) is 48.6 Å². The maximum Gasteiger partial charge on any atom is 0.253 e. The minimum Gasteiger partial charge on any atom is -0.494 e. The fourth-order valence-electron chi connectivity index (χ4n) is 3.73. The molecule has 2 heterocycles. The number of fused-ring (bicyclic) bond motifs is 1. The molecule has 0 bridgehead atoms. The van der Waals surface area contributed by atoms with E-state index in [0.717, 1.165) is 60.9 Å². The number of nitrogens with zero attached hydrogens (tertiary/aromatic N) is 3. The van der Waals surface area contributed by atoms with Crippen molar-refractivity contribution in [2.24, 2.45) is 0 Å². The van der Waals surface area contributed by atoms with Crippen molar-refractivity contribution in [1.82, 2.24) is 9.88 Å². The lowest BCUT2D eigenvalue weighted by Crippen LogP contribution is -2.48. The number of rotatable bonds is 7. The number of carbonyl (C=O) groups excluding carboxylic acids is 1. The largest absolute Gasteiger partial charge is 0.494 e. The minimum absolute atomic E-state index is 0.0901. The number of amides is 1. The zero-order valence-electron chi connectivity index (χ0n) is 17.8. The molecule has 1 fully saturated rings. The first kappa shape index (κ1) is 20.7. The fourth-order valence-corrected chi connectivity index (χ4v) is 4.79. The van der Waals surface area contributed by atoms with Crippen LogP contribution in [0.1, 0.15) is 42.6 Å². The topological polar surface area (TPSA) is 45.7 Å². The Kier molecular flexibility index (Phi) is 6.53. The van der Waals surface area contributed by atoms with Gasteiger partial charge in [-0.15, -0.1) is 0 Å². The van der Waals surface area contributed by atoms with Crippen LogP contribution in [0.2, 0.25) is 0 Å². The van der Waals surface area contributed by atoms with E-state index in [1.165, 1.54) is 10.3 Å². The lowest BCUT2D eigenvalue weighted by atomic mass is 10.1. The molecule has 5 nitrogen and oxygen atoms in total. The molecule has 4 rings (SSSR count). The number of ether oxygens (including phenoxy) is 1. The first-order chi connectivity index (χ1) is 14.7. The molecule has 1 aromatic heterocycles. The minimum atomic E-state index is 0.0901. The predicted molar refractivity (Wildman–Crippen MR) is 124 cm³/mol. The summed E-state index contributed by atoms with van der Waals surface area (Å²) >= 11 is 1.75. The molecule has 2 aromatic carbocycles. The van der Waals surface area contributed by atoms with Gasteiger partial charge in [0.25, 0.3) is 5.91 Å². The second-order valence-corrected chi connectivity index (χ2v) is 8.63. The zero-order valence-corrected chi connectivity index (χ0v) is 18.6. The average Bonchev–Trinajstić information content (AvgIpc) is 3.24. The number of hydrogen-bond acceptors (Lipinski definition) is 5. The Balaban J connectivity index is 1.36. The molecule has 0 unspecified atom stereocenters. The number of unbranched alkanes of at least 4 members (excludes halogenated alkanes) is 1. The normalized spacial score (nSPS) is 14.3. The van der Waals surface area contributed by atoms with Gasteiger partial charge in [-0.1, -0.05) is 43.7 Å². The molecule has 0 radical (unpaired) electrons. The number of aryl methyl sites for hydroxylation is 1. The second kappa shape index (κ2) is 9.47. The van der Waals surface area contributed by atoms with Crippen LogP contribution >= 0.6 is 11.3 Å². The van der Waals surface area contributed by atoms with Gasteiger partial charge in [-0.2, -0.15) is 0 Å². The maximum absolute atomic E-state index is 12.9. The standard InChI is InChI=1S/C24H29N3O2S/c1-3-5-17-29-20-11-9-19(10-12-20)23(28)26-13-15-27(16-14-26)24-25-22-18(4-2)7-6-8-21(22)30-24/h6-12H,3-5,13-17H2,1-2H3. The van der Waals surface area contributed by atoms with Crippen LogP contribution in [0.15, 0.2) is 42.5 Å². The number of para-hydroxylation sites is 1. The smallest absolute Gasteiger partial charge is 0.253 e. The van der Waals surface area contributed by atoms with E-state index in [1.807, 2.05) is 29.2 Å². The molecule has 1 aliphatic heterocycles. The Morgan fingerprint density at radius 3 is 2.53 bits per heavy atom. The summed E-state index contributed by atoms with van der Waals surface area (Å²) in [6.45, 7) is 8.08. The summed E-state index contributed by atoms with van der Waals surface area (Å²) in [5.74, 6) is 0.916. The van der Waals surface area contributed by atoms with Crippen LogP contribution in [0.3, 0.4) is 0 Å². The molecule has 1 amide bonds. The molecule has 3 aromatic rings. The molecule has 0 N–H and O–H groups in total. The third kappa shape index (κ3) is 4.43. The number of hydrogen-bond donors (Lipinski definition) is 0. The van der Waals surface area contributed by atoms with Crippen molar-refractivity contribution < 1.29 is 9.53 Å². The van der Waals surface area contributed by atoms with Crippen LogP contribution in [0.4, 0.5) is 5.13 Å². The van der Waals surface area contributed by atoms with Gasteiger partial charge in [0.2, 0.25) is 0 Å². The molecule has 1 aliphatic rings. The van der Waals surface area contributed by atoms with Crippen molar-refractivity contribution in [2.75, 3.05) is 37.7 Å². The van der Waals surface area contributed by atoms with Crippen LogP contribution in [0.25, 0.3) is 10.2 Å². The van der Waals surface area contributed by atoms with Crippen molar-refractivity contribution in [1.29, 1.82) is 0 Å². The molecule has 158 valence electrons.